The zero-order valence-electron chi connectivity index (χ0n) is 14.2. The van der Waals surface area contributed by atoms with Crippen LogP contribution in [0, 0.1) is 5.92 Å². The Kier molecular flexibility index (Phi) is 4.39. The first-order valence-electron chi connectivity index (χ1n) is 9.06. The molecule has 0 saturated carbocycles. The maximum absolute atomic E-state index is 4.48. The lowest BCUT2D eigenvalue weighted by molar-refractivity contribution is 0.264. The molecule has 126 valence electrons. The van der Waals surface area contributed by atoms with Crippen LogP contribution in [0.4, 0.5) is 5.69 Å². The Bertz CT molecular complexity index is 707. The van der Waals surface area contributed by atoms with E-state index in [1.165, 1.54) is 29.6 Å². The Morgan fingerprint density at radius 3 is 2.75 bits per heavy atom. The number of hydrogen-bond donors (Lipinski definition) is 1. The summed E-state index contributed by atoms with van der Waals surface area (Å²) in [6.07, 6.45) is 4.48. The quantitative estimate of drug-likeness (QED) is 0.941. The highest BCUT2D eigenvalue weighted by atomic mass is 15.3. The van der Waals surface area contributed by atoms with E-state index in [9.17, 15) is 0 Å². The van der Waals surface area contributed by atoms with Crippen LogP contribution in [-0.4, -0.2) is 49.2 Å². The molecule has 1 atom stereocenters. The molecule has 24 heavy (non-hydrogen) atoms. The Balaban J connectivity index is 1.45. The van der Waals surface area contributed by atoms with Crippen molar-refractivity contribution in [2.45, 2.75) is 12.8 Å². The van der Waals surface area contributed by atoms with E-state index in [1.807, 2.05) is 6.20 Å². The summed E-state index contributed by atoms with van der Waals surface area (Å²) in [7, 11) is 0. The van der Waals surface area contributed by atoms with E-state index in [1.54, 1.807) is 0 Å². The Morgan fingerprint density at radius 1 is 1.12 bits per heavy atom. The molecule has 0 radical (unpaired) electrons. The number of benzene rings is 1. The predicted molar refractivity (Wildman–Crippen MR) is 100 cm³/mol. The molecule has 2 fully saturated rings. The van der Waals surface area contributed by atoms with Crippen LogP contribution in [0.15, 0.2) is 48.8 Å². The van der Waals surface area contributed by atoms with Gasteiger partial charge in [0.25, 0.3) is 0 Å². The Hall–Kier alpha value is -2.07. The lowest BCUT2D eigenvalue weighted by Crippen LogP contribution is -2.48. The molecule has 4 heteroatoms. The molecule has 0 spiro atoms. The van der Waals surface area contributed by atoms with Gasteiger partial charge in [-0.05, 0) is 31.5 Å². The van der Waals surface area contributed by atoms with Crippen LogP contribution in [0.25, 0.3) is 10.9 Å². The molecule has 0 amide bonds. The van der Waals surface area contributed by atoms with Crippen LogP contribution >= 0.6 is 0 Å². The summed E-state index contributed by atoms with van der Waals surface area (Å²) in [5, 5.41) is 4.76. The van der Waals surface area contributed by atoms with Crippen LogP contribution < -0.4 is 10.2 Å². The van der Waals surface area contributed by atoms with Crippen LogP contribution in [0.2, 0.25) is 0 Å². The largest absolute Gasteiger partial charge is 0.371 e. The number of nitrogens with zero attached hydrogens (tertiary/aromatic N) is 3. The lowest BCUT2D eigenvalue weighted by atomic mass is 9.95. The van der Waals surface area contributed by atoms with E-state index in [0.717, 1.165) is 44.8 Å². The van der Waals surface area contributed by atoms with Crippen molar-refractivity contribution in [1.29, 1.82) is 0 Å². The highest BCUT2D eigenvalue weighted by molar-refractivity contribution is 5.91. The number of anilines is 1. The van der Waals surface area contributed by atoms with Gasteiger partial charge in [-0.3, -0.25) is 4.98 Å². The van der Waals surface area contributed by atoms with Crippen molar-refractivity contribution >= 4 is 16.6 Å². The van der Waals surface area contributed by atoms with Gasteiger partial charge in [-0.15, -0.1) is 0 Å². The van der Waals surface area contributed by atoms with Crippen LogP contribution in [0.3, 0.4) is 0 Å². The molecular weight excluding hydrogens is 296 g/mol. The Labute approximate surface area is 144 Å². The second-order valence-corrected chi connectivity index (χ2v) is 6.86. The highest BCUT2D eigenvalue weighted by Crippen LogP contribution is 2.28. The van der Waals surface area contributed by atoms with Gasteiger partial charge in [0.1, 0.15) is 0 Å². The smallest absolute Gasteiger partial charge is 0.0722 e. The second-order valence-electron chi connectivity index (χ2n) is 6.86. The van der Waals surface area contributed by atoms with Crippen molar-refractivity contribution in [3.63, 3.8) is 0 Å². The molecule has 1 aromatic carbocycles. The number of para-hydroxylation sites is 1. The molecule has 2 saturated heterocycles. The summed E-state index contributed by atoms with van der Waals surface area (Å²) in [5.41, 5.74) is 3.72. The van der Waals surface area contributed by atoms with Gasteiger partial charge in [0.05, 0.1) is 5.52 Å². The SMILES string of the molecule is C=C(C1CCCNC1)N1CCN(c2ccnc3ccccc23)CC1. The standard InChI is InChI=1S/C20H26N4/c1-16(17-5-4-9-21-15-17)23-11-13-24(14-12-23)20-8-10-22-19-7-3-2-6-18(19)20/h2-3,6-8,10,17,21H,1,4-5,9,11-15H2. The maximum Gasteiger partial charge on any atom is 0.0722 e. The molecule has 0 bridgehead atoms. The van der Waals surface area contributed by atoms with Gasteiger partial charge in [0.15, 0.2) is 0 Å². The third kappa shape index (κ3) is 2.98. The van der Waals surface area contributed by atoms with Gasteiger partial charge in [-0.2, -0.15) is 0 Å². The van der Waals surface area contributed by atoms with Gasteiger partial charge in [-0.1, -0.05) is 24.8 Å². The van der Waals surface area contributed by atoms with E-state index >= 15 is 0 Å². The molecule has 4 nitrogen and oxygen atoms in total. The zero-order chi connectivity index (χ0) is 16.4. The molecule has 2 aliphatic heterocycles. The number of pyridine rings is 1. The molecule has 3 heterocycles. The van der Waals surface area contributed by atoms with Crippen molar-refractivity contribution in [1.82, 2.24) is 15.2 Å². The first-order chi connectivity index (χ1) is 11.8. The molecule has 1 aromatic heterocycles. The van der Waals surface area contributed by atoms with Gasteiger partial charge >= 0.3 is 0 Å². The molecule has 2 aromatic rings. The molecule has 0 aliphatic carbocycles. The van der Waals surface area contributed by atoms with Gasteiger partial charge in [-0.25, -0.2) is 0 Å². The van der Waals surface area contributed by atoms with Crippen molar-refractivity contribution in [2.75, 3.05) is 44.2 Å². The first kappa shape index (κ1) is 15.5. The van der Waals surface area contributed by atoms with Crippen LogP contribution in [0.5, 0.6) is 0 Å². The number of hydrogen-bond acceptors (Lipinski definition) is 4. The fraction of sp³-hybridized carbons (Fsp3) is 0.450. The van der Waals surface area contributed by atoms with Crippen LogP contribution in [-0.2, 0) is 0 Å². The molecule has 1 N–H and O–H groups in total. The van der Waals surface area contributed by atoms with E-state index in [2.05, 4.69) is 57.0 Å². The van der Waals surface area contributed by atoms with E-state index in [0.29, 0.717) is 5.92 Å². The summed E-state index contributed by atoms with van der Waals surface area (Å²) in [6, 6.07) is 10.6. The molecule has 1 unspecified atom stereocenters. The fourth-order valence-corrected chi connectivity index (χ4v) is 3.99. The minimum absolute atomic E-state index is 0.618. The highest BCUT2D eigenvalue weighted by Gasteiger charge is 2.24. The fourth-order valence-electron chi connectivity index (χ4n) is 3.99. The van der Waals surface area contributed by atoms with Crippen molar-refractivity contribution in [3.05, 3.63) is 48.8 Å². The molecular formula is C20H26N4. The minimum atomic E-state index is 0.618. The first-order valence-corrected chi connectivity index (χ1v) is 9.06. The van der Waals surface area contributed by atoms with E-state index in [-0.39, 0.29) is 0 Å². The number of nitrogens with one attached hydrogen (secondary N) is 1. The van der Waals surface area contributed by atoms with E-state index < -0.39 is 0 Å². The van der Waals surface area contributed by atoms with E-state index in [4.69, 9.17) is 0 Å². The van der Waals surface area contributed by atoms with Gasteiger partial charge < -0.3 is 15.1 Å². The molecule has 4 rings (SSSR count). The van der Waals surface area contributed by atoms with Gasteiger partial charge in [0, 0.05) is 61.6 Å². The van der Waals surface area contributed by atoms with Gasteiger partial charge in [0.2, 0.25) is 0 Å². The zero-order valence-corrected chi connectivity index (χ0v) is 14.2. The summed E-state index contributed by atoms with van der Waals surface area (Å²) < 4.78 is 0. The van der Waals surface area contributed by atoms with Crippen molar-refractivity contribution < 1.29 is 0 Å². The summed E-state index contributed by atoms with van der Waals surface area (Å²) in [6.45, 7) is 10.9. The number of aromatic nitrogens is 1. The normalized spacial score (nSPS) is 21.9. The summed E-state index contributed by atoms with van der Waals surface area (Å²) in [4.78, 5) is 9.47. The van der Waals surface area contributed by atoms with Crippen molar-refractivity contribution in [2.24, 2.45) is 5.92 Å². The third-order valence-electron chi connectivity index (χ3n) is 5.42. The second kappa shape index (κ2) is 6.81. The minimum Gasteiger partial charge on any atom is -0.371 e. The monoisotopic (exact) mass is 322 g/mol. The van der Waals surface area contributed by atoms with Crippen LogP contribution in [0.1, 0.15) is 12.8 Å². The number of rotatable bonds is 3. The number of piperidine rings is 1. The summed E-state index contributed by atoms with van der Waals surface area (Å²) >= 11 is 0. The predicted octanol–water partition coefficient (Wildman–Crippen LogP) is 2.87. The average molecular weight is 322 g/mol. The topological polar surface area (TPSA) is 31.4 Å². The number of piperazine rings is 1. The van der Waals surface area contributed by atoms with Crippen molar-refractivity contribution in [3.8, 4) is 0 Å². The lowest BCUT2D eigenvalue weighted by Gasteiger charge is -2.41. The Morgan fingerprint density at radius 2 is 1.96 bits per heavy atom. The average Bonchev–Trinajstić information content (AvgIpc) is 2.68. The summed E-state index contributed by atoms with van der Waals surface area (Å²) in [5.74, 6) is 0.618. The third-order valence-corrected chi connectivity index (χ3v) is 5.42. The number of fused-ring (bicyclic) bond motifs is 1. The molecule has 2 aliphatic rings. The maximum atomic E-state index is 4.48.